The molecular formula is C21H22. The minimum atomic E-state index is 0.478. The van der Waals surface area contributed by atoms with Gasteiger partial charge in [0.05, 0.1) is 0 Å². The highest BCUT2D eigenvalue weighted by Gasteiger charge is 2.50. The number of hydrogen-bond donors (Lipinski definition) is 0. The third kappa shape index (κ3) is 1.56. The van der Waals surface area contributed by atoms with Crippen LogP contribution in [0.4, 0.5) is 0 Å². The summed E-state index contributed by atoms with van der Waals surface area (Å²) in [4.78, 5) is 0. The van der Waals surface area contributed by atoms with E-state index in [1.807, 2.05) is 0 Å². The van der Waals surface area contributed by atoms with Gasteiger partial charge in [-0.25, -0.2) is 0 Å². The first kappa shape index (κ1) is 12.0. The lowest BCUT2D eigenvalue weighted by molar-refractivity contribution is 0.304. The van der Waals surface area contributed by atoms with Gasteiger partial charge in [0.15, 0.2) is 0 Å². The van der Waals surface area contributed by atoms with Crippen LogP contribution in [0.2, 0.25) is 0 Å². The maximum atomic E-state index is 2.54. The monoisotopic (exact) mass is 274 g/mol. The second-order valence-electron chi connectivity index (χ2n) is 7.56. The van der Waals surface area contributed by atoms with E-state index in [2.05, 4.69) is 49.4 Å². The van der Waals surface area contributed by atoms with E-state index in [0.717, 1.165) is 11.8 Å². The molecule has 1 spiro atoms. The Balaban J connectivity index is 1.75. The molecule has 1 saturated carbocycles. The second-order valence-corrected chi connectivity index (χ2v) is 7.56. The lowest BCUT2D eigenvalue weighted by Crippen LogP contribution is -2.34. The minimum absolute atomic E-state index is 0.478. The van der Waals surface area contributed by atoms with E-state index in [1.54, 1.807) is 11.1 Å². The number of allylic oxidation sites excluding steroid dienone is 2. The molecule has 0 aromatic heterocycles. The van der Waals surface area contributed by atoms with Crippen molar-refractivity contribution in [1.82, 2.24) is 0 Å². The fourth-order valence-electron chi connectivity index (χ4n) is 5.42. The Hall–Kier alpha value is -1.56. The van der Waals surface area contributed by atoms with E-state index < -0.39 is 0 Å². The number of hydrogen-bond acceptors (Lipinski definition) is 0. The minimum Gasteiger partial charge on any atom is -0.0851 e. The van der Waals surface area contributed by atoms with E-state index in [-0.39, 0.29) is 0 Å². The third-order valence-corrected chi connectivity index (χ3v) is 6.33. The Morgan fingerprint density at radius 1 is 1.05 bits per heavy atom. The average Bonchev–Trinajstić information content (AvgIpc) is 3.07. The second kappa shape index (κ2) is 4.00. The van der Waals surface area contributed by atoms with Crippen LogP contribution in [0.15, 0.2) is 42.5 Å². The molecule has 0 heterocycles. The lowest BCUT2D eigenvalue weighted by atomic mass is 9.63. The Kier molecular flexibility index (Phi) is 2.29. The van der Waals surface area contributed by atoms with Gasteiger partial charge in [0, 0.05) is 5.41 Å². The summed E-state index contributed by atoms with van der Waals surface area (Å²) in [5, 5.41) is 2.87. The molecule has 3 aliphatic carbocycles. The summed E-state index contributed by atoms with van der Waals surface area (Å²) < 4.78 is 0. The van der Waals surface area contributed by atoms with Gasteiger partial charge in [-0.1, -0.05) is 48.0 Å². The van der Waals surface area contributed by atoms with Crippen molar-refractivity contribution in [3.8, 4) is 0 Å². The molecular weight excluding hydrogens is 252 g/mol. The van der Waals surface area contributed by atoms with Gasteiger partial charge in [-0.15, -0.1) is 0 Å². The SMILES string of the molecule is Cc1ccc2cc3c(cc2c1)CCCC31CC2C=CC1C2. The van der Waals surface area contributed by atoms with Crippen molar-refractivity contribution < 1.29 is 0 Å². The van der Waals surface area contributed by atoms with Crippen LogP contribution in [0, 0.1) is 18.8 Å². The number of fused-ring (bicyclic) bond motifs is 6. The van der Waals surface area contributed by atoms with Gasteiger partial charge < -0.3 is 0 Å². The van der Waals surface area contributed by atoms with E-state index in [0.29, 0.717) is 5.41 Å². The summed E-state index contributed by atoms with van der Waals surface area (Å²) in [6.07, 6.45) is 11.9. The van der Waals surface area contributed by atoms with Crippen LogP contribution in [0.1, 0.15) is 42.4 Å². The topological polar surface area (TPSA) is 0 Å². The lowest BCUT2D eigenvalue weighted by Gasteiger charge is -2.41. The zero-order valence-electron chi connectivity index (χ0n) is 12.7. The molecule has 0 amide bonds. The quantitative estimate of drug-likeness (QED) is 0.570. The summed E-state index contributed by atoms with van der Waals surface area (Å²) >= 11 is 0. The van der Waals surface area contributed by atoms with Gasteiger partial charge in [0.1, 0.15) is 0 Å². The molecule has 3 aliphatic rings. The number of benzene rings is 2. The van der Waals surface area contributed by atoms with Crippen molar-refractivity contribution in [2.75, 3.05) is 0 Å². The average molecular weight is 274 g/mol. The van der Waals surface area contributed by atoms with Crippen molar-refractivity contribution in [1.29, 1.82) is 0 Å². The molecule has 1 fully saturated rings. The predicted octanol–water partition coefficient (Wildman–Crippen LogP) is 5.32. The summed E-state index contributed by atoms with van der Waals surface area (Å²) in [5.74, 6) is 1.67. The summed E-state index contributed by atoms with van der Waals surface area (Å²) in [7, 11) is 0. The van der Waals surface area contributed by atoms with Crippen LogP contribution in [-0.4, -0.2) is 0 Å². The Morgan fingerprint density at radius 3 is 2.81 bits per heavy atom. The Labute approximate surface area is 126 Å². The number of rotatable bonds is 0. The van der Waals surface area contributed by atoms with Crippen molar-refractivity contribution in [3.63, 3.8) is 0 Å². The van der Waals surface area contributed by atoms with Gasteiger partial charge in [-0.3, -0.25) is 0 Å². The first-order valence-electron chi connectivity index (χ1n) is 8.47. The van der Waals surface area contributed by atoms with Crippen LogP contribution in [0.5, 0.6) is 0 Å². The van der Waals surface area contributed by atoms with E-state index in [9.17, 15) is 0 Å². The van der Waals surface area contributed by atoms with Gasteiger partial charge in [0.2, 0.25) is 0 Å². The highest BCUT2D eigenvalue weighted by Crippen LogP contribution is 2.58. The molecule has 0 aliphatic heterocycles. The molecule has 0 heteroatoms. The van der Waals surface area contributed by atoms with Crippen LogP contribution in [-0.2, 0) is 11.8 Å². The smallest absolute Gasteiger partial charge is 0.00246 e. The fraction of sp³-hybridized carbons (Fsp3) is 0.429. The van der Waals surface area contributed by atoms with Crippen molar-refractivity contribution >= 4 is 10.8 Å². The first-order valence-corrected chi connectivity index (χ1v) is 8.47. The van der Waals surface area contributed by atoms with Gasteiger partial charge in [0.25, 0.3) is 0 Å². The molecule has 21 heavy (non-hydrogen) atoms. The van der Waals surface area contributed by atoms with Gasteiger partial charge in [-0.2, -0.15) is 0 Å². The van der Waals surface area contributed by atoms with Crippen molar-refractivity contribution in [2.24, 2.45) is 11.8 Å². The predicted molar refractivity (Wildman–Crippen MR) is 88.7 cm³/mol. The summed E-state index contributed by atoms with van der Waals surface area (Å²) in [6.45, 7) is 2.20. The first-order chi connectivity index (χ1) is 10.2. The Bertz CT molecular complexity index is 767. The molecule has 106 valence electrons. The van der Waals surface area contributed by atoms with Gasteiger partial charge >= 0.3 is 0 Å². The molecule has 0 N–H and O–H groups in total. The Morgan fingerprint density at radius 2 is 2.00 bits per heavy atom. The molecule has 2 aromatic carbocycles. The van der Waals surface area contributed by atoms with E-state index >= 15 is 0 Å². The molecule has 0 radical (unpaired) electrons. The largest absolute Gasteiger partial charge is 0.0851 e. The molecule has 5 rings (SSSR count). The normalized spacial score (nSPS) is 33.0. The molecule has 2 bridgehead atoms. The van der Waals surface area contributed by atoms with E-state index in [1.165, 1.54) is 48.4 Å². The molecule has 3 atom stereocenters. The highest BCUT2D eigenvalue weighted by molar-refractivity contribution is 5.85. The van der Waals surface area contributed by atoms with Crippen molar-refractivity contribution in [3.05, 3.63) is 59.2 Å². The standard InChI is InChI=1S/C21H22/c1-14-4-6-16-12-20-17(11-18(16)9-14)3-2-8-21(20)13-15-5-7-19(21)10-15/h4-7,9,11-12,15,19H,2-3,8,10,13H2,1H3. The van der Waals surface area contributed by atoms with Crippen LogP contribution in [0.3, 0.4) is 0 Å². The maximum absolute atomic E-state index is 2.54. The van der Waals surface area contributed by atoms with Crippen LogP contribution >= 0.6 is 0 Å². The van der Waals surface area contributed by atoms with Crippen molar-refractivity contribution in [2.45, 2.75) is 44.4 Å². The van der Waals surface area contributed by atoms with Gasteiger partial charge in [-0.05, 0) is 72.8 Å². The molecule has 0 nitrogen and oxygen atoms in total. The molecule has 0 saturated heterocycles. The summed E-state index contributed by atoms with van der Waals surface area (Å²) in [6, 6.07) is 11.9. The van der Waals surface area contributed by atoms with Crippen LogP contribution in [0.25, 0.3) is 10.8 Å². The van der Waals surface area contributed by atoms with Crippen LogP contribution < -0.4 is 0 Å². The zero-order chi connectivity index (χ0) is 14.0. The maximum Gasteiger partial charge on any atom is 0.00246 e. The molecule has 3 unspecified atom stereocenters. The molecule has 2 aromatic rings. The zero-order valence-corrected chi connectivity index (χ0v) is 12.7. The number of aryl methyl sites for hydroxylation is 2. The van der Waals surface area contributed by atoms with E-state index in [4.69, 9.17) is 0 Å². The summed E-state index contributed by atoms with van der Waals surface area (Å²) in [5.41, 5.74) is 5.18. The third-order valence-electron chi connectivity index (χ3n) is 6.33. The highest BCUT2D eigenvalue weighted by atomic mass is 14.5. The fourth-order valence-corrected chi connectivity index (χ4v) is 5.42.